The summed E-state index contributed by atoms with van der Waals surface area (Å²) in [7, 11) is 0. The molecule has 0 bridgehead atoms. The Morgan fingerprint density at radius 3 is 2.75 bits per heavy atom. The van der Waals surface area contributed by atoms with E-state index in [2.05, 4.69) is 6.08 Å². The molecule has 0 aromatic rings. The predicted molar refractivity (Wildman–Crippen MR) is 48.0 cm³/mol. The molecule has 1 N–H and O–H groups in total. The van der Waals surface area contributed by atoms with Crippen LogP contribution in [0.1, 0.15) is 39.0 Å². The summed E-state index contributed by atoms with van der Waals surface area (Å²) in [4.78, 5) is 11.0. The van der Waals surface area contributed by atoms with Crippen molar-refractivity contribution in [3.63, 3.8) is 0 Å². The molecule has 0 saturated carbocycles. The van der Waals surface area contributed by atoms with Crippen molar-refractivity contribution in [3.8, 4) is 0 Å². The molecule has 1 aliphatic rings. The smallest absolute Gasteiger partial charge is 0.309 e. The van der Waals surface area contributed by atoms with Gasteiger partial charge in [-0.1, -0.05) is 25.5 Å². The zero-order valence-electron chi connectivity index (χ0n) is 7.55. The molecule has 0 heterocycles. The van der Waals surface area contributed by atoms with Crippen molar-refractivity contribution in [2.75, 3.05) is 0 Å². The first-order valence-corrected chi connectivity index (χ1v) is 4.60. The second-order valence-corrected chi connectivity index (χ2v) is 3.55. The van der Waals surface area contributed by atoms with Gasteiger partial charge in [0.15, 0.2) is 0 Å². The fourth-order valence-corrected chi connectivity index (χ4v) is 1.90. The van der Waals surface area contributed by atoms with Crippen LogP contribution < -0.4 is 0 Å². The van der Waals surface area contributed by atoms with Crippen LogP contribution in [0.4, 0.5) is 0 Å². The van der Waals surface area contributed by atoms with E-state index < -0.39 is 11.4 Å². The minimum absolute atomic E-state index is 0.441. The lowest BCUT2D eigenvalue weighted by Crippen LogP contribution is -2.31. The minimum atomic E-state index is -0.617. The zero-order valence-corrected chi connectivity index (χ0v) is 7.55. The summed E-state index contributed by atoms with van der Waals surface area (Å²) in [5, 5.41) is 9.09. The zero-order chi connectivity index (χ0) is 9.03. The number of aliphatic carboxylic acids is 1. The minimum Gasteiger partial charge on any atom is -0.481 e. The normalized spacial score (nSPS) is 28.8. The third kappa shape index (κ3) is 1.68. The average Bonchev–Trinajstić information content (AvgIpc) is 2.06. The Labute approximate surface area is 73.3 Å². The predicted octanol–water partition coefficient (Wildman–Crippen LogP) is 2.60. The topological polar surface area (TPSA) is 37.3 Å². The van der Waals surface area contributed by atoms with Crippen molar-refractivity contribution in [1.29, 1.82) is 0 Å². The van der Waals surface area contributed by atoms with E-state index in [0.29, 0.717) is 0 Å². The maximum absolute atomic E-state index is 11.0. The van der Waals surface area contributed by atoms with Crippen LogP contribution in [0.15, 0.2) is 12.2 Å². The van der Waals surface area contributed by atoms with E-state index in [-0.39, 0.29) is 0 Å². The summed E-state index contributed by atoms with van der Waals surface area (Å²) in [5.74, 6) is -0.617. The van der Waals surface area contributed by atoms with Crippen LogP contribution in [-0.4, -0.2) is 11.1 Å². The molecular weight excluding hydrogens is 152 g/mol. The van der Waals surface area contributed by atoms with E-state index in [1.165, 1.54) is 0 Å². The van der Waals surface area contributed by atoms with Gasteiger partial charge in [-0.2, -0.15) is 0 Å². The van der Waals surface area contributed by atoms with Gasteiger partial charge in [0.25, 0.3) is 0 Å². The van der Waals surface area contributed by atoms with Gasteiger partial charge in [-0.25, -0.2) is 0 Å². The Hall–Kier alpha value is -0.790. The highest BCUT2D eigenvalue weighted by molar-refractivity contribution is 5.75. The third-order valence-electron chi connectivity index (χ3n) is 2.65. The van der Waals surface area contributed by atoms with Crippen LogP contribution >= 0.6 is 0 Å². The van der Waals surface area contributed by atoms with Crippen molar-refractivity contribution in [1.82, 2.24) is 0 Å². The molecule has 2 heteroatoms. The SMILES string of the molecule is CCCC1(C(=O)O)CC=CCC1. The number of rotatable bonds is 3. The lowest BCUT2D eigenvalue weighted by Gasteiger charge is -2.29. The van der Waals surface area contributed by atoms with Crippen LogP contribution in [0.2, 0.25) is 0 Å². The van der Waals surface area contributed by atoms with E-state index in [1.54, 1.807) is 0 Å². The van der Waals surface area contributed by atoms with Crippen LogP contribution in [0, 0.1) is 5.41 Å². The number of hydrogen-bond donors (Lipinski definition) is 1. The molecule has 1 unspecified atom stereocenters. The van der Waals surface area contributed by atoms with Crippen molar-refractivity contribution in [2.24, 2.45) is 5.41 Å². The van der Waals surface area contributed by atoms with Gasteiger partial charge in [0, 0.05) is 0 Å². The maximum Gasteiger partial charge on any atom is 0.309 e. The summed E-state index contributed by atoms with van der Waals surface area (Å²) >= 11 is 0. The number of allylic oxidation sites excluding steroid dienone is 2. The molecule has 0 aromatic heterocycles. The quantitative estimate of drug-likeness (QED) is 0.658. The molecule has 0 aliphatic heterocycles. The third-order valence-corrected chi connectivity index (χ3v) is 2.65. The van der Waals surface area contributed by atoms with Crippen molar-refractivity contribution in [2.45, 2.75) is 39.0 Å². The monoisotopic (exact) mass is 168 g/mol. The summed E-state index contributed by atoms with van der Waals surface area (Å²) < 4.78 is 0. The second-order valence-electron chi connectivity index (χ2n) is 3.55. The molecule has 0 radical (unpaired) electrons. The highest BCUT2D eigenvalue weighted by Crippen LogP contribution is 2.37. The Balaban J connectivity index is 2.71. The molecule has 1 atom stereocenters. The number of carboxylic acids is 1. The molecular formula is C10H16O2. The Morgan fingerprint density at radius 2 is 2.33 bits per heavy atom. The summed E-state index contributed by atoms with van der Waals surface area (Å²) in [6.07, 6.45) is 8.31. The van der Waals surface area contributed by atoms with Gasteiger partial charge in [-0.05, 0) is 25.7 Å². The summed E-state index contributed by atoms with van der Waals surface area (Å²) in [6.45, 7) is 2.04. The van der Waals surface area contributed by atoms with E-state index in [1.807, 2.05) is 13.0 Å². The molecule has 0 aromatic carbocycles. The van der Waals surface area contributed by atoms with E-state index in [9.17, 15) is 4.79 Å². The lowest BCUT2D eigenvalue weighted by molar-refractivity contribution is -0.150. The molecule has 12 heavy (non-hydrogen) atoms. The summed E-state index contributed by atoms with van der Waals surface area (Å²) in [6, 6.07) is 0. The second kappa shape index (κ2) is 3.74. The van der Waals surface area contributed by atoms with Gasteiger partial charge in [0.2, 0.25) is 0 Å². The standard InChI is InChI=1S/C10H16O2/c1-2-6-10(9(11)12)7-4-3-5-8-10/h3-4H,2,5-8H2,1H3,(H,11,12). The Kier molecular flexibility index (Phi) is 2.90. The van der Waals surface area contributed by atoms with Crippen molar-refractivity contribution >= 4 is 5.97 Å². The molecule has 68 valence electrons. The van der Waals surface area contributed by atoms with Gasteiger partial charge < -0.3 is 5.11 Å². The first kappa shape index (κ1) is 9.30. The molecule has 2 nitrogen and oxygen atoms in total. The summed E-state index contributed by atoms with van der Waals surface area (Å²) in [5.41, 5.74) is -0.441. The highest BCUT2D eigenvalue weighted by Gasteiger charge is 2.36. The lowest BCUT2D eigenvalue weighted by atomic mass is 9.74. The maximum atomic E-state index is 11.0. The fourth-order valence-electron chi connectivity index (χ4n) is 1.90. The van der Waals surface area contributed by atoms with E-state index in [0.717, 1.165) is 32.1 Å². The molecule has 0 spiro atoms. The number of hydrogen-bond acceptors (Lipinski definition) is 1. The molecule has 0 amide bonds. The van der Waals surface area contributed by atoms with Gasteiger partial charge in [0.05, 0.1) is 5.41 Å². The van der Waals surface area contributed by atoms with Crippen molar-refractivity contribution in [3.05, 3.63) is 12.2 Å². The van der Waals surface area contributed by atoms with Crippen LogP contribution in [-0.2, 0) is 4.79 Å². The van der Waals surface area contributed by atoms with E-state index >= 15 is 0 Å². The first-order chi connectivity index (χ1) is 5.71. The molecule has 1 aliphatic carbocycles. The largest absolute Gasteiger partial charge is 0.481 e. The fraction of sp³-hybridized carbons (Fsp3) is 0.700. The Morgan fingerprint density at radius 1 is 1.58 bits per heavy atom. The highest BCUT2D eigenvalue weighted by atomic mass is 16.4. The van der Waals surface area contributed by atoms with Gasteiger partial charge in [-0.3, -0.25) is 4.79 Å². The number of carboxylic acid groups (broad SMARTS) is 1. The van der Waals surface area contributed by atoms with Gasteiger partial charge in [0.1, 0.15) is 0 Å². The van der Waals surface area contributed by atoms with Crippen LogP contribution in [0.3, 0.4) is 0 Å². The first-order valence-electron chi connectivity index (χ1n) is 4.60. The Bertz CT molecular complexity index is 196. The molecule has 0 saturated heterocycles. The van der Waals surface area contributed by atoms with Gasteiger partial charge in [-0.15, -0.1) is 0 Å². The van der Waals surface area contributed by atoms with Crippen molar-refractivity contribution < 1.29 is 9.90 Å². The molecule has 1 rings (SSSR count). The molecule has 0 fully saturated rings. The van der Waals surface area contributed by atoms with E-state index in [4.69, 9.17) is 5.11 Å². The van der Waals surface area contributed by atoms with Crippen LogP contribution in [0.25, 0.3) is 0 Å². The van der Waals surface area contributed by atoms with Gasteiger partial charge >= 0.3 is 5.97 Å². The van der Waals surface area contributed by atoms with Crippen LogP contribution in [0.5, 0.6) is 0 Å². The average molecular weight is 168 g/mol. The number of carbonyl (C=O) groups is 1.